The molecule has 1 aromatic heterocycles. The third-order valence-electron chi connectivity index (χ3n) is 5.05. The average molecular weight is 424 g/mol. The maximum absolute atomic E-state index is 12.7. The Morgan fingerprint density at radius 3 is 2.60 bits per heavy atom. The minimum atomic E-state index is -0.323. The normalized spacial score (nSPS) is 15.1. The van der Waals surface area contributed by atoms with E-state index < -0.39 is 0 Å². The Bertz CT molecular complexity index is 999. The molecule has 0 spiro atoms. The summed E-state index contributed by atoms with van der Waals surface area (Å²) in [6, 6.07) is 16.0. The molecule has 1 atom stereocenters. The van der Waals surface area contributed by atoms with Crippen LogP contribution in [-0.2, 0) is 9.53 Å². The second-order valence-corrected chi connectivity index (χ2v) is 8.47. The molecule has 0 bridgehead atoms. The van der Waals surface area contributed by atoms with Crippen LogP contribution in [0.3, 0.4) is 0 Å². The minimum absolute atomic E-state index is 0.0709. The lowest BCUT2D eigenvalue weighted by atomic mass is 10.2. The van der Waals surface area contributed by atoms with Crippen LogP contribution < -0.4 is 10.2 Å². The number of nitrogens with zero attached hydrogens (tertiary/aromatic N) is 4. The van der Waals surface area contributed by atoms with Gasteiger partial charge < -0.3 is 15.0 Å². The second kappa shape index (κ2) is 9.32. The molecule has 156 valence electrons. The zero-order chi connectivity index (χ0) is 20.9. The van der Waals surface area contributed by atoms with E-state index in [0.717, 1.165) is 48.9 Å². The van der Waals surface area contributed by atoms with Crippen molar-refractivity contribution >= 4 is 29.0 Å². The van der Waals surface area contributed by atoms with Gasteiger partial charge in [0.25, 0.3) is 0 Å². The molecule has 8 heteroatoms. The molecule has 0 radical (unpaired) electrons. The van der Waals surface area contributed by atoms with Gasteiger partial charge in [-0.3, -0.25) is 9.36 Å². The second-order valence-electron chi connectivity index (χ2n) is 7.17. The summed E-state index contributed by atoms with van der Waals surface area (Å²) in [5.74, 6) is -0.0709. The number of hydrogen-bond acceptors (Lipinski definition) is 6. The first-order valence-electron chi connectivity index (χ1n) is 9.98. The molecule has 2 heterocycles. The number of thioether (sulfide) groups is 1. The van der Waals surface area contributed by atoms with E-state index in [1.165, 1.54) is 11.8 Å². The number of ether oxygens (including phenoxy) is 1. The summed E-state index contributed by atoms with van der Waals surface area (Å²) in [5, 5.41) is 11.6. The van der Waals surface area contributed by atoms with Gasteiger partial charge in [0.2, 0.25) is 5.91 Å². The van der Waals surface area contributed by atoms with E-state index in [0.29, 0.717) is 5.16 Å². The third kappa shape index (κ3) is 4.66. The predicted molar refractivity (Wildman–Crippen MR) is 120 cm³/mol. The highest BCUT2D eigenvalue weighted by molar-refractivity contribution is 8.00. The number of hydrogen-bond donors (Lipinski definition) is 1. The Hall–Kier alpha value is -2.84. The molecular formula is C22H25N5O2S. The van der Waals surface area contributed by atoms with Crippen molar-refractivity contribution < 1.29 is 9.53 Å². The largest absolute Gasteiger partial charge is 0.378 e. The van der Waals surface area contributed by atoms with Crippen LogP contribution in [0.15, 0.2) is 60.0 Å². The van der Waals surface area contributed by atoms with Crippen molar-refractivity contribution in [2.45, 2.75) is 24.3 Å². The van der Waals surface area contributed by atoms with Crippen molar-refractivity contribution in [1.29, 1.82) is 0 Å². The number of para-hydroxylation sites is 1. The van der Waals surface area contributed by atoms with Crippen LogP contribution in [0, 0.1) is 6.92 Å². The van der Waals surface area contributed by atoms with Gasteiger partial charge in [0, 0.05) is 24.5 Å². The van der Waals surface area contributed by atoms with Gasteiger partial charge >= 0.3 is 0 Å². The summed E-state index contributed by atoms with van der Waals surface area (Å²) in [5.41, 5.74) is 4.06. The number of carbonyl (C=O) groups excluding carboxylic acids is 1. The van der Waals surface area contributed by atoms with E-state index in [1.807, 2.05) is 66.9 Å². The molecule has 1 aliphatic heterocycles. The quantitative estimate of drug-likeness (QED) is 0.612. The summed E-state index contributed by atoms with van der Waals surface area (Å²) in [6.45, 7) is 7.20. The number of anilines is 2. The highest BCUT2D eigenvalue weighted by Crippen LogP contribution is 2.26. The van der Waals surface area contributed by atoms with E-state index in [1.54, 1.807) is 6.33 Å². The average Bonchev–Trinajstić information content (AvgIpc) is 3.23. The molecule has 4 rings (SSSR count). The fourth-order valence-electron chi connectivity index (χ4n) is 3.34. The van der Waals surface area contributed by atoms with Crippen molar-refractivity contribution in [2.24, 2.45) is 0 Å². The fraction of sp³-hybridized carbons (Fsp3) is 0.318. The van der Waals surface area contributed by atoms with Gasteiger partial charge in [-0.05, 0) is 49.7 Å². The lowest BCUT2D eigenvalue weighted by Crippen LogP contribution is -2.36. The Labute approximate surface area is 180 Å². The van der Waals surface area contributed by atoms with Gasteiger partial charge in [-0.25, -0.2) is 0 Å². The van der Waals surface area contributed by atoms with E-state index in [-0.39, 0.29) is 11.2 Å². The number of carbonyl (C=O) groups is 1. The molecule has 1 amide bonds. The van der Waals surface area contributed by atoms with E-state index in [9.17, 15) is 4.79 Å². The van der Waals surface area contributed by atoms with Crippen molar-refractivity contribution in [3.8, 4) is 5.69 Å². The highest BCUT2D eigenvalue weighted by Gasteiger charge is 2.19. The minimum Gasteiger partial charge on any atom is -0.378 e. The molecule has 0 saturated carbocycles. The van der Waals surface area contributed by atoms with Crippen LogP contribution in [0.25, 0.3) is 5.69 Å². The Kier molecular flexibility index (Phi) is 6.35. The summed E-state index contributed by atoms with van der Waals surface area (Å²) in [4.78, 5) is 15.0. The van der Waals surface area contributed by atoms with Crippen molar-refractivity contribution in [1.82, 2.24) is 14.8 Å². The lowest BCUT2D eigenvalue weighted by Gasteiger charge is -2.28. The van der Waals surface area contributed by atoms with Crippen molar-refractivity contribution in [2.75, 3.05) is 36.5 Å². The van der Waals surface area contributed by atoms with Gasteiger partial charge in [0.05, 0.1) is 24.2 Å². The molecule has 1 N–H and O–H groups in total. The molecule has 0 unspecified atom stereocenters. The third-order valence-corrected chi connectivity index (χ3v) is 6.11. The molecule has 7 nitrogen and oxygen atoms in total. The molecule has 1 fully saturated rings. The van der Waals surface area contributed by atoms with Gasteiger partial charge in [0.1, 0.15) is 6.33 Å². The number of nitrogens with one attached hydrogen (secondary N) is 1. The van der Waals surface area contributed by atoms with Crippen LogP contribution in [0.5, 0.6) is 0 Å². The smallest absolute Gasteiger partial charge is 0.237 e. The van der Waals surface area contributed by atoms with Crippen LogP contribution in [0.4, 0.5) is 11.4 Å². The maximum atomic E-state index is 12.7. The summed E-state index contributed by atoms with van der Waals surface area (Å²) < 4.78 is 7.32. The highest BCUT2D eigenvalue weighted by atomic mass is 32.2. The predicted octanol–water partition coefficient (Wildman–Crippen LogP) is 3.53. The number of rotatable bonds is 6. The maximum Gasteiger partial charge on any atom is 0.237 e. The number of morpholine rings is 1. The number of benzene rings is 2. The molecule has 30 heavy (non-hydrogen) atoms. The Morgan fingerprint density at radius 1 is 1.13 bits per heavy atom. The first kappa shape index (κ1) is 20.4. The lowest BCUT2D eigenvalue weighted by molar-refractivity contribution is -0.115. The van der Waals surface area contributed by atoms with Crippen LogP contribution >= 0.6 is 11.8 Å². The van der Waals surface area contributed by atoms with Crippen LogP contribution in [-0.4, -0.2) is 52.2 Å². The first-order chi connectivity index (χ1) is 14.6. The molecule has 1 aliphatic rings. The monoisotopic (exact) mass is 423 g/mol. The summed E-state index contributed by atoms with van der Waals surface area (Å²) in [6.07, 6.45) is 1.68. The van der Waals surface area contributed by atoms with Gasteiger partial charge in [-0.1, -0.05) is 30.0 Å². The first-order valence-corrected chi connectivity index (χ1v) is 10.9. The molecule has 0 aliphatic carbocycles. The molecular weight excluding hydrogens is 398 g/mol. The van der Waals surface area contributed by atoms with Gasteiger partial charge in [-0.15, -0.1) is 10.2 Å². The zero-order valence-electron chi connectivity index (χ0n) is 17.1. The van der Waals surface area contributed by atoms with Crippen LogP contribution in [0.1, 0.15) is 12.5 Å². The standard InChI is InChI=1S/C22H25N5O2S/c1-16-5-3-4-6-20(16)27-15-23-25-22(27)30-17(2)21(28)24-18-7-9-19(10-8-18)26-11-13-29-14-12-26/h3-10,15,17H,11-14H2,1-2H3,(H,24,28)/t17-/m0/s1. The molecule has 1 saturated heterocycles. The SMILES string of the molecule is Cc1ccccc1-n1cnnc1S[C@@H](C)C(=O)Nc1ccc(N2CCOCC2)cc1. The number of aryl methyl sites for hydroxylation is 1. The zero-order valence-corrected chi connectivity index (χ0v) is 17.9. The van der Waals surface area contributed by atoms with E-state index >= 15 is 0 Å². The summed E-state index contributed by atoms with van der Waals surface area (Å²) in [7, 11) is 0. The van der Waals surface area contributed by atoms with Gasteiger partial charge in [-0.2, -0.15) is 0 Å². The Morgan fingerprint density at radius 2 is 1.87 bits per heavy atom. The topological polar surface area (TPSA) is 72.3 Å². The van der Waals surface area contributed by atoms with Gasteiger partial charge in [0.15, 0.2) is 5.16 Å². The van der Waals surface area contributed by atoms with Crippen molar-refractivity contribution in [3.63, 3.8) is 0 Å². The summed E-state index contributed by atoms with van der Waals surface area (Å²) >= 11 is 1.39. The van der Waals surface area contributed by atoms with E-state index in [2.05, 4.69) is 20.4 Å². The number of amides is 1. The van der Waals surface area contributed by atoms with Crippen LogP contribution in [0.2, 0.25) is 0 Å². The fourth-order valence-corrected chi connectivity index (χ4v) is 4.17. The molecule has 2 aromatic carbocycles. The Balaban J connectivity index is 1.39. The van der Waals surface area contributed by atoms with E-state index in [4.69, 9.17) is 4.74 Å². The van der Waals surface area contributed by atoms with Crippen molar-refractivity contribution in [3.05, 3.63) is 60.4 Å². The molecule has 3 aromatic rings. The number of aromatic nitrogens is 3.